The number of hydrogen-bond acceptors (Lipinski definition) is 5. The van der Waals surface area contributed by atoms with E-state index in [1.54, 1.807) is 42.5 Å². The van der Waals surface area contributed by atoms with Gasteiger partial charge in [-0.1, -0.05) is 35.3 Å². The van der Waals surface area contributed by atoms with E-state index in [0.717, 1.165) is 16.7 Å². The Morgan fingerprint density at radius 2 is 1.89 bits per heavy atom. The summed E-state index contributed by atoms with van der Waals surface area (Å²) in [6, 6.07) is 11.7. The molecule has 144 valence electrons. The number of anilines is 1. The van der Waals surface area contributed by atoms with E-state index < -0.39 is 23.6 Å². The largest absolute Gasteiger partial charge is 0.497 e. The van der Waals surface area contributed by atoms with E-state index in [9.17, 15) is 14.4 Å². The lowest BCUT2D eigenvalue weighted by Crippen LogP contribution is -2.36. The van der Waals surface area contributed by atoms with Crippen LogP contribution in [0.3, 0.4) is 0 Å². The highest BCUT2D eigenvalue weighted by Gasteiger charge is 2.36. The minimum absolute atomic E-state index is 0.173. The Bertz CT molecular complexity index is 976. The summed E-state index contributed by atoms with van der Waals surface area (Å²) in [5.74, 6) is -0.404. The predicted molar refractivity (Wildman–Crippen MR) is 111 cm³/mol. The van der Waals surface area contributed by atoms with Gasteiger partial charge < -0.3 is 10.1 Å². The number of nitrogens with zero attached hydrogens (tertiary/aromatic N) is 1. The number of benzene rings is 2. The number of carbonyl (C=O) groups is 3. The van der Waals surface area contributed by atoms with Crippen molar-refractivity contribution in [1.29, 1.82) is 0 Å². The van der Waals surface area contributed by atoms with E-state index in [1.807, 2.05) is 0 Å². The Morgan fingerprint density at radius 3 is 2.57 bits per heavy atom. The average Bonchev–Trinajstić information content (AvgIpc) is 2.93. The molecule has 0 spiro atoms. The van der Waals surface area contributed by atoms with Crippen LogP contribution in [0.4, 0.5) is 10.5 Å². The number of imide groups is 1. The molecular formula is C19H14Cl2N2O4S. The molecule has 1 heterocycles. The van der Waals surface area contributed by atoms with Crippen LogP contribution in [0, 0.1) is 0 Å². The van der Waals surface area contributed by atoms with Crippen molar-refractivity contribution in [3.8, 4) is 5.75 Å². The molecule has 1 fully saturated rings. The van der Waals surface area contributed by atoms with Gasteiger partial charge in [-0.15, -0.1) is 0 Å². The number of methoxy groups -OCH3 is 1. The summed E-state index contributed by atoms with van der Waals surface area (Å²) < 4.78 is 5.05. The number of thioether (sulfide) groups is 1. The SMILES string of the molecule is COc1ccc(NC(=O)CN2C(=O)S/C(=C\c3cccc(Cl)c3Cl)C2=O)cc1. The zero-order valence-electron chi connectivity index (χ0n) is 14.6. The first kappa shape index (κ1) is 20.3. The van der Waals surface area contributed by atoms with Gasteiger partial charge in [0, 0.05) is 5.69 Å². The third-order valence-electron chi connectivity index (χ3n) is 3.82. The average molecular weight is 437 g/mol. The molecule has 9 heteroatoms. The van der Waals surface area contributed by atoms with Crippen molar-refractivity contribution in [2.45, 2.75) is 0 Å². The highest BCUT2D eigenvalue weighted by Crippen LogP contribution is 2.35. The number of nitrogens with one attached hydrogen (secondary N) is 1. The number of rotatable bonds is 5. The molecule has 0 radical (unpaired) electrons. The molecule has 1 saturated heterocycles. The molecular weight excluding hydrogens is 423 g/mol. The van der Waals surface area contributed by atoms with Crippen molar-refractivity contribution in [1.82, 2.24) is 4.90 Å². The minimum Gasteiger partial charge on any atom is -0.497 e. The van der Waals surface area contributed by atoms with Gasteiger partial charge >= 0.3 is 0 Å². The first-order valence-corrected chi connectivity index (χ1v) is 9.59. The van der Waals surface area contributed by atoms with E-state index in [-0.39, 0.29) is 9.93 Å². The number of carbonyl (C=O) groups excluding carboxylic acids is 3. The lowest BCUT2D eigenvalue weighted by Gasteiger charge is -2.12. The molecule has 0 saturated carbocycles. The molecule has 2 aromatic carbocycles. The summed E-state index contributed by atoms with van der Waals surface area (Å²) in [6.07, 6.45) is 1.49. The summed E-state index contributed by atoms with van der Waals surface area (Å²) in [4.78, 5) is 38.0. The zero-order valence-corrected chi connectivity index (χ0v) is 16.9. The summed E-state index contributed by atoms with van der Waals surface area (Å²) >= 11 is 12.8. The Kier molecular flexibility index (Phi) is 6.28. The fraction of sp³-hybridized carbons (Fsp3) is 0.105. The van der Waals surface area contributed by atoms with E-state index in [0.29, 0.717) is 22.0 Å². The monoisotopic (exact) mass is 436 g/mol. The van der Waals surface area contributed by atoms with Crippen LogP contribution in [-0.2, 0) is 9.59 Å². The number of halogens is 2. The van der Waals surface area contributed by atoms with Gasteiger partial charge in [-0.3, -0.25) is 19.3 Å². The van der Waals surface area contributed by atoms with E-state index in [4.69, 9.17) is 27.9 Å². The normalized spacial score (nSPS) is 15.2. The molecule has 1 aliphatic rings. The maximum Gasteiger partial charge on any atom is 0.294 e. The molecule has 1 aliphatic heterocycles. The van der Waals surface area contributed by atoms with Gasteiger partial charge in [-0.05, 0) is 53.7 Å². The van der Waals surface area contributed by atoms with E-state index >= 15 is 0 Å². The standard InChI is InChI=1S/C19H14Cl2N2O4S/c1-27-13-7-5-12(6-8-13)22-16(24)10-23-18(25)15(28-19(23)26)9-11-3-2-4-14(20)17(11)21/h2-9H,10H2,1H3,(H,22,24)/b15-9-. The van der Waals surface area contributed by atoms with Gasteiger partial charge in [-0.25, -0.2) is 0 Å². The molecule has 28 heavy (non-hydrogen) atoms. The van der Waals surface area contributed by atoms with Gasteiger partial charge in [0.1, 0.15) is 12.3 Å². The van der Waals surface area contributed by atoms with Crippen molar-refractivity contribution >= 4 is 63.8 Å². The smallest absolute Gasteiger partial charge is 0.294 e. The summed E-state index contributed by atoms with van der Waals surface area (Å²) in [7, 11) is 1.54. The summed E-state index contributed by atoms with van der Waals surface area (Å²) in [6.45, 7) is -0.392. The number of amides is 3. The molecule has 6 nitrogen and oxygen atoms in total. The lowest BCUT2D eigenvalue weighted by atomic mass is 10.2. The summed E-state index contributed by atoms with van der Waals surface area (Å²) in [5, 5.41) is 2.73. The molecule has 0 bridgehead atoms. The quantitative estimate of drug-likeness (QED) is 0.688. The Hall–Kier alpha value is -2.48. The third-order valence-corrected chi connectivity index (χ3v) is 5.56. The Labute approximate surface area is 175 Å². The maximum absolute atomic E-state index is 12.5. The second-order valence-electron chi connectivity index (χ2n) is 5.69. The number of ether oxygens (including phenoxy) is 1. The van der Waals surface area contributed by atoms with Crippen LogP contribution in [0.5, 0.6) is 5.75 Å². The topological polar surface area (TPSA) is 75.7 Å². The molecule has 3 amide bonds. The molecule has 0 unspecified atom stereocenters. The van der Waals surface area contributed by atoms with Gasteiger partial charge in [-0.2, -0.15) is 0 Å². The van der Waals surface area contributed by atoms with Crippen molar-refractivity contribution in [3.05, 3.63) is 63.0 Å². The molecule has 3 rings (SSSR count). The van der Waals surface area contributed by atoms with Crippen LogP contribution in [0.25, 0.3) is 6.08 Å². The minimum atomic E-state index is -0.559. The first-order valence-electron chi connectivity index (χ1n) is 8.02. The second-order valence-corrected chi connectivity index (χ2v) is 7.47. The lowest BCUT2D eigenvalue weighted by molar-refractivity contribution is -0.127. The fourth-order valence-corrected chi connectivity index (χ4v) is 3.62. The molecule has 1 N–H and O–H groups in total. The first-order chi connectivity index (χ1) is 13.4. The van der Waals surface area contributed by atoms with E-state index in [2.05, 4.69) is 5.32 Å². The van der Waals surface area contributed by atoms with E-state index in [1.165, 1.54) is 13.2 Å². The molecule has 0 atom stereocenters. The van der Waals surface area contributed by atoms with Gasteiger partial charge in [0.25, 0.3) is 11.1 Å². The van der Waals surface area contributed by atoms with Gasteiger partial charge in [0.05, 0.1) is 22.1 Å². The van der Waals surface area contributed by atoms with Gasteiger partial charge in [0.15, 0.2) is 0 Å². The summed E-state index contributed by atoms with van der Waals surface area (Å²) in [5.41, 5.74) is 1.04. The zero-order chi connectivity index (χ0) is 20.3. The van der Waals surface area contributed by atoms with Crippen molar-refractivity contribution in [3.63, 3.8) is 0 Å². The van der Waals surface area contributed by atoms with Crippen LogP contribution in [-0.4, -0.2) is 35.6 Å². The molecule has 2 aromatic rings. The van der Waals surface area contributed by atoms with Gasteiger partial charge in [0.2, 0.25) is 5.91 Å². The Morgan fingerprint density at radius 1 is 1.18 bits per heavy atom. The molecule has 0 aliphatic carbocycles. The van der Waals surface area contributed by atoms with Crippen molar-refractivity contribution < 1.29 is 19.1 Å². The van der Waals surface area contributed by atoms with Crippen LogP contribution >= 0.6 is 35.0 Å². The third kappa shape index (κ3) is 4.49. The van der Waals surface area contributed by atoms with Crippen LogP contribution in [0.1, 0.15) is 5.56 Å². The predicted octanol–water partition coefficient (Wildman–Crippen LogP) is 4.68. The van der Waals surface area contributed by atoms with Crippen LogP contribution in [0.15, 0.2) is 47.4 Å². The van der Waals surface area contributed by atoms with Crippen molar-refractivity contribution in [2.75, 3.05) is 19.0 Å². The number of hydrogen-bond donors (Lipinski definition) is 1. The van der Waals surface area contributed by atoms with Crippen LogP contribution < -0.4 is 10.1 Å². The highest BCUT2D eigenvalue weighted by atomic mass is 35.5. The van der Waals surface area contributed by atoms with Crippen LogP contribution in [0.2, 0.25) is 10.0 Å². The molecule has 0 aromatic heterocycles. The highest BCUT2D eigenvalue weighted by molar-refractivity contribution is 8.18. The van der Waals surface area contributed by atoms with Crippen molar-refractivity contribution in [2.24, 2.45) is 0 Å². The second kappa shape index (κ2) is 8.68. The fourth-order valence-electron chi connectivity index (χ4n) is 2.43. The maximum atomic E-state index is 12.5. The Balaban J connectivity index is 1.70.